The Morgan fingerprint density at radius 1 is 1.05 bits per heavy atom. The molecule has 58 heavy (non-hydrogen) atoms. The first-order chi connectivity index (χ1) is 27.2. The van der Waals surface area contributed by atoms with Crippen LogP contribution in [-0.2, 0) is 32.4 Å². The van der Waals surface area contributed by atoms with Crippen molar-refractivity contribution in [3.63, 3.8) is 0 Å². The molecule has 2 aromatic carbocycles. The van der Waals surface area contributed by atoms with Crippen LogP contribution in [0.1, 0.15) is 122 Å². The van der Waals surface area contributed by atoms with Crippen molar-refractivity contribution in [1.82, 2.24) is 20.2 Å². The molecular weight excluding hydrogens is 748 g/mol. The van der Waals surface area contributed by atoms with Gasteiger partial charge in [0.15, 0.2) is 0 Å². The second-order valence-corrected chi connectivity index (χ2v) is 18.2. The molecule has 3 aliphatic carbocycles. The maximum atomic E-state index is 14.6. The third-order valence-corrected chi connectivity index (χ3v) is 13.4. The van der Waals surface area contributed by atoms with Gasteiger partial charge in [-0.05, 0) is 99.5 Å². The minimum absolute atomic E-state index is 0.00249. The van der Waals surface area contributed by atoms with Crippen molar-refractivity contribution in [2.75, 3.05) is 10.2 Å². The van der Waals surface area contributed by atoms with Gasteiger partial charge in [-0.1, -0.05) is 65.0 Å². The summed E-state index contributed by atoms with van der Waals surface area (Å²) in [7, 11) is -0.693. The molecule has 2 aliphatic heterocycles. The van der Waals surface area contributed by atoms with Gasteiger partial charge in [-0.2, -0.15) is 13.2 Å². The summed E-state index contributed by atoms with van der Waals surface area (Å²) in [6.07, 6.45) is -0.837. The van der Waals surface area contributed by atoms with Crippen LogP contribution < -0.4 is 26.4 Å². The highest BCUT2D eigenvalue weighted by molar-refractivity contribution is 6.47. The molecule has 312 valence electrons. The molecule has 4 fully saturated rings. The summed E-state index contributed by atoms with van der Waals surface area (Å²) in [6, 6.07) is 10.8. The summed E-state index contributed by atoms with van der Waals surface area (Å²) in [6.45, 7) is 18.2. The molecular formula is C43H56BF3N6O5. The van der Waals surface area contributed by atoms with E-state index in [1.807, 2.05) is 45.0 Å². The number of aromatic nitrogens is 2. The van der Waals surface area contributed by atoms with Crippen LogP contribution >= 0.6 is 0 Å². The monoisotopic (exact) mass is 804 g/mol. The SMILES string of the molecule is CC[C@H](NC(=O)[C@@H]1C[C@@](C)(NC(=O)N(c2ccccc2C(C)C)C(C)C)c2ncc(NCc3cccc(C(F)(F)F)c3)c(=O)n21)B1O[C@@H]2C[C@@H]3C[C@@H](C3(C)C)[C@]2(C)O1. The Labute approximate surface area is 339 Å². The number of nitrogens with zero attached hydrogens (tertiary/aromatic N) is 3. The van der Waals surface area contributed by atoms with Gasteiger partial charge in [0.05, 0.1) is 34.9 Å². The standard InChI is InChI=1S/C43H56BF3N6O5/c1-10-35(44-57-34-20-28-19-33(40(28,6)7)42(34,9)58-44)50-36(54)32-21-41(8,51-39(56)52(25(4)5)31-17-12-11-16-29(31)24(2)3)38-49-23-30(37(55)53(32)38)48-22-26-14-13-15-27(18-26)43(45,46)47/h11-18,23-25,28,32-35,48H,10,19-22H2,1-9H3,(H,50,54)(H,51,56)/t28-,32-,33-,34+,35-,41+,42-/m0/s1. The number of anilines is 2. The average Bonchev–Trinajstić information content (AvgIpc) is 3.67. The largest absolute Gasteiger partial charge is 0.481 e. The number of alkyl halides is 3. The first-order valence-corrected chi connectivity index (χ1v) is 20.6. The summed E-state index contributed by atoms with van der Waals surface area (Å²) in [5.74, 6) is 0.196. The van der Waals surface area contributed by atoms with Gasteiger partial charge in [0.1, 0.15) is 17.6 Å². The predicted molar refractivity (Wildman–Crippen MR) is 217 cm³/mol. The lowest BCUT2D eigenvalue weighted by atomic mass is 9.43. The van der Waals surface area contributed by atoms with Crippen molar-refractivity contribution < 1.29 is 32.1 Å². The number of benzene rings is 2. The number of hydrogen-bond acceptors (Lipinski definition) is 7. The number of halogens is 3. The number of nitrogens with one attached hydrogen (secondary N) is 3. The fraction of sp³-hybridized carbons (Fsp3) is 0.581. The smallest absolute Gasteiger partial charge is 0.404 e. The first-order valence-electron chi connectivity index (χ1n) is 20.6. The van der Waals surface area contributed by atoms with Crippen LogP contribution in [0.15, 0.2) is 59.5 Å². The molecule has 8 rings (SSSR count). The van der Waals surface area contributed by atoms with Gasteiger partial charge in [-0.3, -0.25) is 19.1 Å². The second kappa shape index (κ2) is 15.0. The number of hydrogen-bond donors (Lipinski definition) is 3. The van der Waals surface area contributed by atoms with Crippen LogP contribution in [0, 0.1) is 17.3 Å². The van der Waals surface area contributed by atoms with Gasteiger partial charge in [0, 0.05) is 24.7 Å². The maximum absolute atomic E-state index is 14.6. The molecule has 7 atom stereocenters. The lowest BCUT2D eigenvalue weighted by molar-refractivity contribution is -0.199. The topological polar surface area (TPSA) is 127 Å². The van der Waals surface area contributed by atoms with Gasteiger partial charge in [-0.25, -0.2) is 9.78 Å². The zero-order chi connectivity index (χ0) is 42.1. The van der Waals surface area contributed by atoms with Crippen molar-refractivity contribution in [2.45, 2.75) is 142 Å². The van der Waals surface area contributed by atoms with E-state index in [1.165, 1.54) is 22.9 Å². The highest BCUT2D eigenvalue weighted by atomic mass is 19.4. The molecule has 2 bridgehead atoms. The zero-order valence-electron chi connectivity index (χ0n) is 34.9. The van der Waals surface area contributed by atoms with Crippen LogP contribution in [0.4, 0.5) is 29.3 Å². The van der Waals surface area contributed by atoms with Gasteiger partial charge in [0.25, 0.3) is 5.56 Å². The third kappa shape index (κ3) is 7.20. The lowest BCUT2D eigenvalue weighted by Gasteiger charge is -2.64. The quantitative estimate of drug-likeness (QED) is 0.168. The van der Waals surface area contributed by atoms with Crippen LogP contribution in [0.5, 0.6) is 0 Å². The number of carbonyl (C=O) groups is 2. The number of fused-ring (bicyclic) bond motifs is 1. The molecule has 3 saturated carbocycles. The first kappa shape index (κ1) is 41.8. The van der Waals surface area contributed by atoms with Gasteiger partial charge >= 0.3 is 19.3 Å². The third-order valence-electron chi connectivity index (χ3n) is 13.4. The minimum Gasteiger partial charge on any atom is -0.404 e. The highest BCUT2D eigenvalue weighted by Crippen LogP contribution is 2.65. The van der Waals surface area contributed by atoms with Crippen LogP contribution in [-0.4, -0.2) is 52.3 Å². The normalized spacial score (nSPS) is 27.4. The van der Waals surface area contributed by atoms with E-state index in [-0.39, 0.29) is 48.0 Å². The summed E-state index contributed by atoms with van der Waals surface area (Å²) in [5.41, 5.74) is -0.990. The molecule has 0 radical (unpaired) electrons. The molecule has 0 unspecified atom stereocenters. The lowest BCUT2D eigenvalue weighted by Crippen LogP contribution is -2.65. The summed E-state index contributed by atoms with van der Waals surface area (Å²) < 4.78 is 55.0. The molecule has 15 heteroatoms. The van der Waals surface area contributed by atoms with E-state index < -0.39 is 59.5 Å². The van der Waals surface area contributed by atoms with Crippen molar-refractivity contribution >= 4 is 30.4 Å². The molecule has 1 saturated heterocycles. The number of urea groups is 1. The van der Waals surface area contributed by atoms with Crippen molar-refractivity contribution in [1.29, 1.82) is 0 Å². The Balaban J connectivity index is 1.19. The van der Waals surface area contributed by atoms with E-state index in [2.05, 4.69) is 55.6 Å². The Hall–Kier alpha value is -4.37. The van der Waals surface area contributed by atoms with E-state index in [4.69, 9.17) is 9.31 Å². The fourth-order valence-corrected chi connectivity index (χ4v) is 10.1. The molecule has 3 N–H and O–H groups in total. The Kier molecular flexibility index (Phi) is 10.8. The van der Waals surface area contributed by atoms with Gasteiger partial charge < -0.3 is 25.3 Å². The van der Waals surface area contributed by atoms with Crippen LogP contribution in [0.3, 0.4) is 0 Å². The minimum atomic E-state index is -4.53. The Morgan fingerprint density at radius 2 is 1.78 bits per heavy atom. The number of rotatable bonds is 11. The molecule has 11 nitrogen and oxygen atoms in total. The highest BCUT2D eigenvalue weighted by Gasteiger charge is 2.68. The molecule has 0 spiro atoms. The summed E-state index contributed by atoms with van der Waals surface area (Å²) in [4.78, 5) is 49.8. The average molecular weight is 805 g/mol. The van der Waals surface area contributed by atoms with E-state index in [9.17, 15) is 27.6 Å². The zero-order valence-corrected chi connectivity index (χ0v) is 34.9. The molecule has 5 aliphatic rings. The second-order valence-electron chi connectivity index (χ2n) is 18.2. The number of para-hydroxylation sites is 1. The number of amides is 3. The predicted octanol–water partition coefficient (Wildman–Crippen LogP) is 7.94. The van der Waals surface area contributed by atoms with Gasteiger partial charge in [0.2, 0.25) is 5.91 Å². The van der Waals surface area contributed by atoms with Crippen molar-refractivity contribution in [3.05, 3.63) is 87.6 Å². The Morgan fingerprint density at radius 3 is 2.43 bits per heavy atom. The van der Waals surface area contributed by atoms with Gasteiger partial charge in [-0.15, -0.1) is 0 Å². The Bertz CT molecular complexity index is 2130. The van der Waals surface area contributed by atoms with Crippen molar-refractivity contribution in [2.24, 2.45) is 17.3 Å². The summed E-state index contributed by atoms with van der Waals surface area (Å²) in [5, 5.41) is 9.25. The van der Waals surface area contributed by atoms with E-state index in [0.717, 1.165) is 36.2 Å². The summed E-state index contributed by atoms with van der Waals surface area (Å²) >= 11 is 0. The van der Waals surface area contributed by atoms with E-state index in [1.54, 1.807) is 11.8 Å². The van der Waals surface area contributed by atoms with E-state index in [0.29, 0.717) is 23.8 Å². The fourth-order valence-electron chi connectivity index (χ4n) is 10.1. The maximum Gasteiger partial charge on any atom is 0.481 e. The molecule has 3 aromatic rings. The molecule has 3 heterocycles. The van der Waals surface area contributed by atoms with Crippen LogP contribution in [0.2, 0.25) is 0 Å². The van der Waals surface area contributed by atoms with Crippen LogP contribution in [0.25, 0.3) is 0 Å². The number of carbonyl (C=O) groups excluding carboxylic acids is 2. The molecule has 3 amide bonds. The van der Waals surface area contributed by atoms with E-state index >= 15 is 0 Å². The molecule has 1 aromatic heterocycles. The van der Waals surface area contributed by atoms with Crippen molar-refractivity contribution in [3.8, 4) is 0 Å².